The van der Waals surface area contributed by atoms with E-state index in [4.69, 9.17) is 5.26 Å². The SMILES string of the molecule is N#Cc1cccn(-c2ccccc2Br)c1=O. The summed E-state index contributed by atoms with van der Waals surface area (Å²) in [6.45, 7) is 0. The topological polar surface area (TPSA) is 45.8 Å². The molecule has 0 aliphatic carbocycles. The number of benzene rings is 1. The molecule has 0 fully saturated rings. The number of rotatable bonds is 1. The average Bonchev–Trinajstić information content (AvgIpc) is 2.31. The van der Waals surface area contributed by atoms with Gasteiger partial charge in [0.1, 0.15) is 11.6 Å². The summed E-state index contributed by atoms with van der Waals surface area (Å²) in [6, 6.07) is 12.4. The first-order chi connectivity index (χ1) is 7.74. The highest BCUT2D eigenvalue weighted by Gasteiger charge is 2.06. The van der Waals surface area contributed by atoms with Gasteiger partial charge < -0.3 is 0 Å². The van der Waals surface area contributed by atoms with Gasteiger partial charge in [-0.05, 0) is 40.2 Å². The summed E-state index contributed by atoms with van der Waals surface area (Å²) in [4.78, 5) is 11.9. The van der Waals surface area contributed by atoms with E-state index in [2.05, 4.69) is 15.9 Å². The van der Waals surface area contributed by atoms with Crippen molar-refractivity contribution < 1.29 is 0 Å². The number of hydrogen-bond acceptors (Lipinski definition) is 2. The van der Waals surface area contributed by atoms with Crippen LogP contribution in [-0.2, 0) is 0 Å². The average molecular weight is 275 g/mol. The van der Waals surface area contributed by atoms with Crippen molar-refractivity contribution in [3.8, 4) is 11.8 Å². The maximum Gasteiger partial charge on any atom is 0.273 e. The lowest BCUT2D eigenvalue weighted by molar-refractivity contribution is 0.976. The predicted molar refractivity (Wildman–Crippen MR) is 64.5 cm³/mol. The molecule has 0 saturated heterocycles. The van der Waals surface area contributed by atoms with Crippen molar-refractivity contribution >= 4 is 15.9 Å². The van der Waals surface area contributed by atoms with Gasteiger partial charge in [0.25, 0.3) is 5.56 Å². The molecule has 4 heteroatoms. The third-order valence-electron chi connectivity index (χ3n) is 2.18. The van der Waals surface area contributed by atoms with Crippen LogP contribution in [0.25, 0.3) is 5.69 Å². The first kappa shape index (κ1) is 10.7. The monoisotopic (exact) mass is 274 g/mol. The quantitative estimate of drug-likeness (QED) is 0.802. The van der Waals surface area contributed by atoms with E-state index in [1.54, 1.807) is 12.3 Å². The minimum Gasteiger partial charge on any atom is -0.282 e. The molecule has 3 nitrogen and oxygen atoms in total. The molecule has 1 aromatic heterocycles. The second-order valence-electron chi connectivity index (χ2n) is 3.16. The van der Waals surface area contributed by atoms with E-state index >= 15 is 0 Å². The van der Waals surface area contributed by atoms with Crippen LogP contribution in [0.4, 0.5) is 0 Å². The van der Waals surface area contributed by atoms with E-state index in [0.29, 0.717) is 0 Å². The van der Waals surface area contributed by atoms with E-state index in [-0.39, 0.29) is 11.1 Å². The lowest BCUT2D eigenvalue weighted by atomic mass is 10.2. The number of para-hydroxylation sites is 1. The van der Waals surface area contributed by atoms with Gasteiger partial charge in [0.2, 0.25) is 0 Å². The summed E-state index contributed by atoms with van der Waals surface area (Å²) < 4.78 is 2.26. The van der Waals surface area contributed by atoms with Crippen molar-refractivity contribution in [1.29, 1.82) is 5.26 Å². The van der Waals surface area contributed by atoms with E-state index in [0.717, 1.165) is 10.2 Å². The molecule has 0 aliphatic rings. The van der Waals surface area contributed by atoms with Crippen LogP contribution in [-0.4, -0.2) is 4.57 Å². The molecule has 0 bridgehead atoms. The second-order valence-corrected chi connectivity index (χ2v) is 4.01. The molecule has 0 amide bonds. The third kappa shape index (κ3) is 1.77. The standard InChI is InChI=1S/C12H7BrN2O/c13-10-5-1-2-6-11(10)15-7-3-4-9(8-14)12(15)16/h1-7H. The maximum atomic E-state index is 11.9. The van der Waals surface area contributed by atoms with Gasteiger partial charge in [-0.15, -0.1) is 0 Å². The molecular formula is C12H7BrN2O. The second kappa shape index (κ2) is 4.33. The molecule has 0 atom stereocenters. The maximum absolute atomic E-state index is 11.9. The van der Waals surface area contributed by atoms with Crippen LogP contribution < -0.4 is 5.56 Å². The van der Waals surface area contributed by atoms with Crippen molar-refractivity contribution in [1.82, 2.24) is 4.57 Å². The lowest BCUT2D eigenvalue weighted by Crippen LogP contribution is -2.20. The van der Waals surface area contributed by atoms with E-state index in [1.807, 2.05) is 30.3 Å². The molecule has 0 radical (unpaired) electrons. The Hall–Kier alpha value is -1.86. The van der Waals surface area contributed by atoms with Crippen molar-refractivity contribution in [2.45, 2.75) is 0 Å². The van der Waals surface area contributed by atoms with Crippen LogP contribution in [0.5, 0.6) is 0 Å². The molecule has 0 N–H and O–H groups in total. The molecular weight excluding hydrogens is 268 g/mol. The highest BCUT2D eigenvalue weighted by atomic mass is 79.9. The fraction of sp³-hybridized carbons (Fsp3) is 0. The summed E-state index contributed by atoms with van der Waals surface area (Å²) in [5.41, 5.74) is 0.555. The Morgan fingerprint density at radius 2 is 1.94 bits per heavy atom. The van der Waals surface area contributed by atoms with Crippen molar-refractivity contribution in [2.75, 3.05) is 0 Å². The number of nitriles is 1. The Kier molecular flexibility index (Phi) is 2.88. The van der Waals surface area contributed by atoms with Crippen LogP contribution in [0, 0.1) is 11.3 Å². The van der Waals surface area contributed by atoms with Crippen LogP contribution >= 0.6 is 15.9 Å². The smallest absolute Gasteiger partial charge is 0.273 e. The minimum atomic E-state index is -0.308. The summed E-state index contributed by atoms with van der Waals surface area (Å²) >= 11 is 3.37. The zero-order valence-electron chi connectivity index (χ0n) is 8.22. The molecule has 16 heavy (non-hydrogen) atoms. The number of nitrogens with zero attached hydrogens (tertiary/aromatic N) is 2. The first-order valence-corrected chi connectivity index (χ1v) is 5.40. The van der Waals surface area contributed by atoms with Crippen LogP contribution in [0.2, 0.25) is 0 Å². The van der Waals surface area contributed by atoms with Gasteiger partial charge >= 0.3 is 0 Å². The predicted octanol–water partition coefficient (Wildman–Crippen LogP) is 2.47. The third-order valence-corrected chi connectivity index (χ3v) is 2.85. The van der Waals surface area contributed by atoms with Gasteiger partial charge in [0.05, 0.1) is 5.69 Å². The Balaban J connectivity index is 2.72. The van der Waals surface area contributed by atoms with Crippen molar-refractivity contribution in [3.05, 3.63) is 63.0 Å². The molecule has 1 heterocycles. The number of pyridine rings is 1. The first-order valence-electron chi connectivity index (χ1n) is 4.60. The summed E-state index contributed by atoms with van der Waals surface area (Å²) in [6.07, 6.45) is 1.64. The van der Waals surface area contributed by atoms with E-state index in [9.17, 15) is 4.79 Å². The van der Waals surface area contributed by atoms with Crippen molar-refractivity contribution in [2.24, 2.45) is 0 Å². The summed E-state index contributed by atoms with van der Waals surface area (Å²) in [5.74, 6) is 0. The lowest BCUT2D eigenvalue weighted by Gasteiger charge is -2.07. The fourth-order valence-corrected chi connectivity index (χ4v) is 1.89. The van der Waals surface area contributed by atoms with Crippen molar-refractivity contribution in [3.63, 3.8) is 0 Å². The van der Waals surface area contributed by atoms with Crippen LogP contribution in [0.1, 0.15) is 5.56 Å². The molecule has 0 aliphatic heterocycles. The zero-order chi connectivity index (χ0) is 11.5. The summed E-state index contributed by atoms with van der Waals surface area (Å²) in [7, 11) is 0. The number of halogens is 1. The molecule has 1 aromatic carbocycles. The number of aromatic nitrogens is 1. The normalized spacial score (nSPS) is 9.75. The highest BCUT2D eigenvalue weighted by Crippen LogP contribution is 2.18. The van der Waals surface area contributed by atoms with E-state index < -0.39 is 0 Å². The van der Waals surface area contributed by atoms with Gasteiger partial charge in [0.15, 0.2) is 0 Å². The Bertz CT molecular complexity index is 625. The van der Waals surface area contributed by atoms with Gasteiger partial charge in [-0.1, -0.05) is 12.1 Å². The van der Waals surface area contributed by atoms with Crippen LogP contribution in [0.15, 0.2) is 51.9 Å². The van der Waals surface area contributed by atoms with Gasteiger partial charge in [-0.3, -0.25) is 9.36 Å². The molecule has 0 unspecified atom stereocenters. The molecule has 2 aromatic rings. The largest absolute Gasteiger partial charge is 0.282 e. The summed E-state index contributed by atoms with van der Waals surface area (Å²) in [5, 5.41) is 8.78. The van der Waals surface area contributed by atoms with E-state index in [1.165, 1.54) is 10.6 Å². The molecule has 2 rings (SSSR count). The fourth-order valence-electron chi connectivity index (χ4n) is 1.42. The Morgan fingerprint density at radius 1 is 1.19 bits per heavy atom. The Morgan fingerprint density at radius 3 is 2.62 bits per heavy atom. The molecule has 78 valence electrons. The van der Waals surface area contributed by atoms with Gasteiger partial charge in [-0.2, -0.15) is 5.26 Å². The molecule has 0 spiro atoms. The van der Waals surface area contributed by atoms with Gasteiger partial charge in [0, 0.05) is 10.7 Å². The Labute approximate surface area is 101 Å². The molecule has 0 saturated carbocycles. The zero-order valence-corrected chi connectivity index (χ0v) is 9.81. The minimum absolute atomic E-state index is 0.137. The van der Waals surface area contributed by atoms with Crippen LogP contribution in [0.3, 0.4) is 0 Å². The number of hydrogen-bond donors (Lipinski definition) is 0. The van der Waals surface area contributed by atoms with Gasteiger partial charge in [-0.25, -0.2) is 0 Å². The highest BCUT2D eigenvalue weighted by molar-refractivity contribution is 9.10.